The van der Waals surface area contributed by atoms with Gasteiger partial charge in [0.05, 0.1) is 26.2 Å². The maximum atomic E-state index is 12.6. The lowest BCUT2D eigenvalue weighted by atomic mass is 10.0. The van der Waals surface area contributed by atoms with Crippen molar-refractivity contribution in [2.24, 2.45) is 0 Å². The fourth-order valence-corrected chi connectivity index (χ4v) is 2.61. The largest absolute Gasteiger partial charge is 0.497 e. The SMILES string of the molecule is COC(=O)[C@H](Cc1cccc(OC)c1)NC(=O)Cc1ccc(C(F)(F)F)cc1. The molecule has 2 aromatic rings. The Balaban J connectivity index is 2.05. The number of benzene rings is 2. The molecule has 1 N–H and O–H groups in total. The summed E-state index contributed by atoms with van der Waals surface area (Å²) in [6, 6.07) is 10.4. The van der Waals surface area contributed by atoms with Crippen LogP contribution in [0.15, 0.2) is 48.5 Å². The van der Waals surface area contributed by atoms with Crippen molar-refractivity contribution in [3.05, 3.63) is 65.2 Å². The smallest absolute Gasteiger partial charge is 0.416 e. The second-order valence-corrected chi connectivity index (χ2v) is 6.07. The van der Waals surface area contributed by atoms with Crippen LogP contribution in [0.4, 0.5) is 13.2 Å². The highest BCUT2D eigenvalue weighted by atomic mass is 19.4. The number of carbonyl (C=O) groups is 2. The predicted octanol–water partition coefficient (Wildman–Crippen LogP) is 3.16. The van der Waals surface area contributed by atoms with Crippen LogP contribution in [0.1, 0.15) is 16.7 Å². The number of alkyl halides is 3. The molecule has 0 bridgehead atoms. The Morgan fingerprint density at radius 1 is 1.04 bits per heavy atom. The zero-order valence-electron chi connectivity index (χ0n) is 15.4. The Morgan fingerprint density at radius 2 is 1.71 bits per heavy atom. The number of methoxy groups -OCH3 is 2. The van der Waals surface area contributed by atoms with Crippen LogP contribution in [0.5, 0.6) is 5.75 Å². The third-order valence-electron chi connectivity index (χ3n) is 4.04. The highest BCUT2D eigenvalue weighted by Crippen LogP contribution is 2.29. The number of hydrogen-bond donors (Lipinski definition) is 1. The molecule has 8 heteroatoms. The summed E-state index contributed by atoms with van der Waals surface area (Å²) in [5.41, 5.74) is 0.363. The fourth-order valence-electron chi connectivity index (χ4n) is 2.61. The number of esters is 1. The molecule has 0 spiro atoms. The lowest BCUT2D eigenvalue weighted by molar-refractivity contribution is -0.145. The normalized spacial score (nSPS) is 12.2. The van der Waals surface area contributed by atoms with Gasteiger partial charge in [0.15, 0.2) is 0 Å². The number of carbonyl (C=O) groups excluding carboxylic acids is 2. The van der Waals surface area contributed by atoms with Gasteiger partial charge in [0.25, 0.3) is 0 Å². The number of nitrogens with one attached hydrogen (secondary N) is 1. The van der Waals surface area contributed by atoms with Gasteiger partial charge in [0.2, 0.25) is 5.91 Å². The Labute approximate surface area is 160 Å². The zero-order chi connectivity index (χ0) is 20.7. The molecule has 0 aromatic heterocycles. The van der Waals surface area contributed by atoms with Gasteiger partial charge in [-0.1, -0.05) is 24.3 Å². The van der Waals surface area contributed by atoms with Gasteiger partial charge in [-0.25, -0.2) is 4.79 Å². The molecule has 0 fully saturated rings. The van der Waals surface area contributed by atoms with E-state index in [1.165, 1.54) is 26.4 Å². The number of ether oxygens (including phenoxy) is 2. The van der Waals surface area contributed by atoms with Crippen LogP contribution >= 0.6 is 0 Å². The van der Waals surface area contributed by atoms with E-state index in [1.54, 1.807) is 24.3 Å². The molecule has 0 aliphatic rings. The molecule has 2 aromatic carbocycles. The van der Waals surface area contributed by atoms with Crippen molar-refractivity contribution in [2.75, 3.05) is 14.2 Å². The molecule has 0 radical (unpaired) electrons. The fraction of sp³-hybridized carbons (Fsp3) is 0.300. The Morgan fingerprint density at radius 3 is 2.29 bits per heavy atom. The molecule has 0 heterocycles. The van der Waals surface area contributed by atoms with Crippen molar-refractivity contribution < 1.29 is 32.2 Å². The molecule has 5 nitrogen and oxygen atoms in total. The summed E-state index contributed by atoms with van der Waals surface area (Å²) in [5, 5.41) is 2.57. The molecular weight excluding hydrogens is 375 g/mol. The number of halogens is 3. The molecule has 150 valence electrons. The second kappa shape index (κ2) is 9.25. The van der Waals surface area contributed by atoms with E-state index < -0.39 is 29.7 Å². The Hall–Kier alpha value is -3.03. The standard InChI is InChI=1S/C20H20F3NO4/c1-27-16-5-3-4-14(10-16)11-17(19(26)28-2)24-18(25)12-13-6-8-15(9-7-13)20(21,22)23/h3-10,17H,11-12H2,1-2H3,(H,24,25)/t17-/m0/s1. The van der Waals surface area contributed by atoms with Crippen LogP contribution in [-0.4, -0.2) is 32.1 Å². The number of hydrogen-bond acceptors (Lipinski definition) is 4. The molecular formula is C20H20F3NO4. The van der Waals surface area contributed by atoms with Crippen LogP contribution in [0.2, 0.25) is 0 Å². The van der Waals surface area contributed by atoms with Gasteiger partial charge < -0.3 is 14.8 Å². The molecule has 1 amide bonds. The monoisotopic (exact) mass is 395 g/mol. The van der Waals surface area contributed by atoms with Crippen molar-refractivity contribution in [3.63, 3.8) is 0 Å². The molecule has 28 heavy (non-hydrogen) atoms. The summed E-state index contributed by atoms with van der Waals surface area (Å²) in [7, 11) is 2.73. The molecule has 1 atom stereocenters. The molecule has 0 aliphatic heterocycles. The van der Waals surface area contributed by atoms with Crippen molar-refractivity contribution in [1.82, 2.24) is 5.32 Å². The van der Waals surface area contributed by atoms with Crippen molar-refractivity contribution >= 4 is 11.9 Å². The summed E-state index contributed by atoms with van der Waals surface area (Å²) in [5.74, 6) is -0.515. The van der Waals surface area contributed by atoms with Gasteiger partial charge in [-0.3, -0.25) is 4.79 Å². The first-order chi connectivity index (χ1) is 13.2. The van der Waals surface area contributed by atoms with E-state index >= 15 is 0 Å². The summed E-state index contributed by atoms with van der Waals surface area (Å²) >= 11 is 0. The molecule has 0 unspecified atom stereocenters. The average Bonchev–Trinajstić information content (AvgIpc) is 2.66. The molecule has 0 aliphatic carbocycles. The maximum absolute atomic E-state index is 12.6. The van der Waals surface area contributed by atoms with Gasteiger partial charge in [-0.15, -0.1) is 0 Å². The molecule has 0 saturated heterocycles. The zero-order valence-corrected chi connectivity index (χ0v) is 15.4. The molecule has 2 rings (SSSR count). The van der Waals surface area contributed by atoms with E-state index in [0.29, 0.717) is 11.3 Å². The maximum Gasteiger partial charge on any atom is 0.416 e. The van der Waals surface area contributed by atoms with Crippen LogP contribution in [0, 0.1) is 0 Å². The van der Waals surface area contributed by atoms with Crippen molar-refractivity contribution in [1.29, 1.82) is 0 Å². The number of rotatable bonds is 7. The van der Waals surface area contributed by atoms with Crippen LogP contribution in [-0.2, 0) is 33.3 Å². The Kier molecular flexibility index (Phi) is 7.03. The lowest BCUT2D eigenvalue weighted by Gasteiger charge is -2.17. The van der Waals surface area contributed by atoms with Gasteiger partial charge in [0.1, 0.15) is 11.8 Å². The molecule has 0 saturated carbocycles. The van der Waals surface area contributed by atoms with Crippen LogP contribution in [0.25, 0.3) is 0 Å². The minimum absolute atomic E-state index is 0.163. The van der Waals surface area contributed by atoms with E-state index in [4.69, 9.17) is 9.47 Å². The predicted molar refractivity (Wildman–Crippen MR) is 95.8 cm³/mol. The van der Waals surface area contributed by atoms with Crippen LogP contribution < -0.4 is 10.1 Å². The topological polar surface area (TPSA) is 64.6 Å². The van der Waals surface area contributed by atoms with Crippen molar-refractivity contribution in [2.45, 2.75) is 25.1 Å². The number of amides is 1. The average molecular weight is 395 g/mol. The van der Waals surface area contributed by atoms with Gasteiger partial charge in [-0.2, -0.15) is 13.2 Å². The third-order valence-corrected chi connectivity index (χ3v) is 4.04. The van der Waals surface area contributed by atoms with Gasteiger partial charge in [-0.05, 0) is 35.4 Å². The second-order valence-electron chi connectivity index (χ2n) is 6.07. The Bertz CT molecular complexity index is 819. The lowest BCUT2D eigenvalue weighted by Crippen LogP contribution is -2.43. The van der Waals surface area contributed by atoms with Gasteiger partial charge in [0, 0.05) is 6.42 Å². The van der Waals surface area contributed by atoms with E-state index in [2.05, 4.69) is 5.32 Å². The van der Waals surface area contributed by atoms with E-state index in [-0.39, 0.29) is 12.8 Å². The highest BCUT2D eigenvalue weighted by Gasteiger charge is 2.30. The minimum atomic E-state index is -4.44. The summed E-state index contributed by atoms with van der Waals surface area (Å²) in [4.78, 5) is 24.3. The minimum Gasteiger partial charge on any atom is -0.497 e. The first-order valence-corrected chi connectivity index (χ1v) is 8.39. The first-order valence-electron chi connectivity index (χ1n) is 8.39. The first kappa shape index (κ1) is 21.3. The third kappa shape index (κ3) is 6.00. The highest BCUT2D eigenvalue weighted by molar-refractivity contribution is 5.85. The van der Waals surface area contributed by atoms with Crippen LogP contribution in [0.3, 0.4) is 0 Å². The van der Waals surface area contributed by atoms with Crippen molar-refractivity contribution in [3.8, 4) is 5.75 Å². The summed E-state index contributed by atoms with van der Waals surface area (Å²) < 4.78 is 47.7. The summed E-state index contributed by atoms with van der Waals surface area (Å²) in [6.45, 7) is 0. The van der Waals surface area contributed by atoms with E-state index in [0.717, 1.165) is 17.7 Å². The van der Waals surface area contributed by atoms with E-state index in [1.807, 2.05) is 0 Å². The quantitative estimate of drug-likeness (QED) is 0.732. The van der Waals surface area contributed by atoms with Gasteiger partial charge >= 0.3 is 12.1 Å². The summed E-state index contributed by atoms with van der Waals surface area (Å²) in [6.07, 6.45) is -4.42. The van der Waals surface area contributed by atoms with E-state index in [9.17, 15) is 22.8 Å².